The van der Waals surface area contributed by atoms with Crippen molar-refractivity contribution in [3.8, 4) is 11.5 Å². The van der Waals surface area contributed by atoms with Crippen LogP contribution in [0.3, 0.4) is 0 Å². The number of aliphatic carboxylic acids is 1. The van der Waals surface area contributed by atoms with Gasteiger partial charge in [0.15, 0.2) is 18.1 Å². The molecule has 0 aliphatic carbocycles. The fourth-order valence-corrected chi connectivity index (χ4v) is 3.20. The number of carbonyl (C=O) groups excluding carboxylic acids is 3. The number of carbonyl (C=O) groups is 4. The van der Waals surface area contributed by atoms with Crippen LogP contribution in [0.15, 0.2) is 52.5 Å². The predicted octanol–water partition coefficient (Wildman–Crippen LogP) is 2.98. The molecule has 0 atom stereocenters. The smallest absolute Gasteiger partial charge is 0.341 e. The Morgan fingerprint density at radius 2 is 1.90 bits per heavy atom. The highest BCUT2D eigenvalue weighted by atomic mass is 79.9. The van der Waals surface area contributed by atoms with Gasteiger partial charge in [-0.25, -0.2) is 14.5 Å². The number of amides is 4. The van der Waals surface area contributed by atoms with Gasteiger partial charge in [0, 0.05) is 4.47 Å². The Kier molecular flexibility index (Phi) is 6.71. The lowest BCUT2D eigenvalue weighted by molar-refractivity contribution is -0.139. The number of urea groups is 1. The third kappa shape index (κ3) is 5.10. The quantitative estimate of drug-likeness (QED) is 0.453. The van der Waals surface area contributed by atoms with Gasteiger partial charge in [0.1, 0.15) is 5.57 Å². The Balaban J connectivity index is 1.96. The summed E-state index contributed by atoms with van der Waals surface area (Å²) in [6.07, 6.45) is 1.32. The molecule has 0 unspecified atom stereocenters. The van der Waals surface area contributed by atoms with Gasteiger partial charge in [0.25, 0.3) is 11.8 Å². The third-order valence-electron chi connectivity index (χ3n) is 4.10. The molecule has 0 bridgehead atoms. The van der Waals surface area contributed by atoms with Crippen molar-refractivity contribution in [2.45, 2.75) is 6.92 Å². The number of carboxylic acids is 1. The average Bonchev–Trinajstić information content (AvgIpc) is 2.70. The van der Waals surface area contributed by atoms with Crippen LogP contribution in [0.2, 0.25) is 0 Å². The normalized spacial score (nSPS) is 15.1. The van der Waals surface area contributed by atoms with Crippen molar-refractivity contribution < 1.29 is 33.8 Å². The van der Waals surface area contributed by atoms with Crippen molar-refractivity contribution in [2.75, 3.05) is 18.1 Å². The van der Waals surface area contributed by atoms with Crippen LogP contribution >= 0.6 is 15.9 Å². The van der Waals surface area contributed by atoms with E-state index >= 15 is 0 Å². The summed E-state index contributed by atoms with van der Waals surface area (Å²) >= 11 is 3.29. The molecule has 4 amide bonds. The molecule has 3 rings (SSSR count). The number of benzene rings is 2. The standard InChI is InChI=1S/C21H17BrN2O7/c1-2-30-17-9-12(6-7-16(17)31-11-18(25)26)8-15-19(27)23-21(29)24(20(15)28)14-5-3-4-13(22)10-14/h3-10H,2,11H2,1H3,(H,25,26)(H,23,27,29)/b15-8-. The second kappa shape index (κ2) is 9.43. The molecule has 160 valence electrons. The predicted molar refractivity (Wildman–Crippen MR) is 114 cm³/mol. The van der Waals surface area contributed by atoms with E-state index in [9.17, 15) is 19.2 Å². The highest BCUT2D eigenvalue weighted by molar-refractivity contribution is 9.10. The summed E-state index contributed by atoms with van der Waals surface area (Å²) in [6.45, 7) is 1.48. The fourth-order valence-electron chi connectivity index (χ4n) is 2.82. The third-order valence-corrected chi connectivity index (χ3v) is 4.59. The molecule has 31 heavy (non-hydrogen) atoms. The van der Waals surface area contributed by atoms with E-state index in [4.69, 9.17) is 14.6 Å². The molecule has 2 aromatic rings. The molecule has 0 aromatic heterocycles. The van der Waals surface area contributed by atoms with Crippen LogP contribution in [0.1, 0.15) is 12.5 Å². The van der Waals surface area contributed by atoms with Crippen LogP contribution in [0.4, 0.5) is 10.5 Å². The molecule has 2 aromatic carbocycles. The molecule has 1 saturated heterocycles. The van der Waals surface area contributed by atoms with E-state index in [0.29, 0.717) is 15.7 Å². The Labute approximate surface area is 185 Å². The molecule has 1 aliphatic rings. The molecule has 0 radical (unpaired) electrons. The second-order valence-electron chi connectivity index (χ2n) is 6.26. The fraction of sp³-hybridized carbons (Fsp3) is 0.143. The van der Waals surface area contributed by atoms with E-state index in [-0.39, 0.29) is 23.7 Å². The number of carboxylic acid groups (broad SMARTS) is 1. The zero-order chi connectivity index (χ0) is 22.5. The number of hydrogen-bond donors (Lipinski definition) is 2. The Bertz CT molecular complexity index is 1100. The second-order valence-corrected chi connectivity index (χ2v) is 7.17. The van der Waals surface area contributed by atoms with Crippen molar-refractivity contribution in [2.24, 2.45) is 0 Å². The largest absolute Gasteiger partial charge is 0.490 e. The van der Waals surface area contributed by atoms with Crippen LogP contribution in [-0.2, 0) is 14.4 Å². The summed E-state index contributed by atoms with van der Waals surface area (Å²) in [7, 11) is 0. The van der Waals surface area contributed by atoms with Crippen LogP contribution in [-0.4, -0.2) is 42.1 Å². The number of barbiturate groups is 1. The number of rotatable bonds is 7. The molecule has 0 saturated carbocycles. The van der Waals surface area contributed by atoms with E-state index in [2.05, 4.69) is 21.2 Å². The summed E-state index contributed by atoms with van der Waals surface area (Å²) in [5.74, 6) is -2.30. The molecule has 2 N–H and O–H groups in total. The van der Waals surface area contributed by atoms with Crippen LogP contribution in [0.25, 0.3) is 6.08 Å². The highest BCUT2D eigenvalue weighted by Crippen LogP contribution is 2.30. The summed E-state index contributed by atoms with van der Waals surface area (Å²) in [6, 6.07) is 10.2. The molecular formula is C21H17BrN2O7. The molecular weight excluding hydrogens is 472 g/mol. The van der Waals surface area contributed by atoms with E-state index in [0.717, 1.165) is 4.90 Å². The first-order valence-corrected chi connectivity index (χ1v) is 9.88. The van der Waals surface area contributed by atoms with Gasteiger partial charge in [-0.05, 0) is 48.9 Å². The molecule has 10 heteroatoms. The maximum absolute atomic E-state index is 13.0. The first kappa shape index (κ1) is 22.0. The maximum atomic E-state index is 13.0. The van der Waals surface area contributed by atoms with Gasteiger partial charge in [-0.2, -0.15) is 0 Å². The number of nitrogens with one attached hydrogen (secondary N) is 1. The first-order chi connectivity index (χ1) is 14.8. The van der Waals surface area contributed by atoms with Crippen molar-refractivity contribution in [1.29, 1.82) is 0 Å². The van der Waals surface area contributed by atoms with Gasteiger partial charge >= 0.3 is 12.0 Å². The Morgan fingerprint density at radius 3 is 2.58 bits per heavy atom. The molecule has 0 spiro atoms. The highest BCUT2D eigenvalue weighted by Gasteiger charge is 2.36. The SMILES string of the molecule is CCOc1cc(/C=C2/C(=O)NC(=O)N(c3cccc(Br)c3)C2=O)ccc1OCC(=O)O. The van der Waals surface area contributed by atoms with Gasteiger partial charge in [-0.15, -0.1) is 0 Å². The average molecular weight is 489 g/mol. The summed E-state index contributed by atoms with van der Waals surface area (Å²) in [5, 5.41) is 10.9. The lowest BCUT2D eigenvalue weighted by Crippen LogP contribution is -2.54. The zero-order valence-corrected chi connectivity index (χ0v) is 17.8. The minimum atomic E-state index is -1.14. The number of nitrogens with zero attached hydrogens (tertiary/aromatic N) is 1. The number of imide groups is 2. The monoisotopic (exact) mass is 488 g/mol. The van der Waals surface area contributed by atoms with Crippen molar-refractivity contribution >= 4 is 51.5 Å². The number of hydrogen-bond acceptors (Lipinski definition) is 6. The first-order valence-electron chi connectivity index (χ1n) is 9.08. The van der Waals surface area contributed by atoms with E-state index in [1.54, 1.807) is 31.2 Å². The molecule has 9 nitrogen and oxygen atoms in total. The van der Waals surface area contributed by atoms with Gasteiger partial charge in [-0.1, -0.05) is 28.1 Å². The number of anilines is 1. The zero-order valence-electron chi connectivity index (χ0n) is 16.3. The van der Waals surface area contributed by atoms with Crippen molar-refractivity contribution in [3.63, 3.8) is 0 Å². The van der Waals surface area contributed by atoms with E-state index in [1.165, 1.54) is 24.3 Å². The van der Waals surface area contributed by atoms with Gasteiger partial charge in [0.2, 0.25) is 0 Å². The minimum Gasteiger partial charge on any atom is -0.490 e. The summed E-state index contributed by atoms with van der Waals surface area (Å²) in [4.78, 5) is 49.2. The molecule has 1 aliphatic heterocycles. The van der Waals surface area contributed by atoms with Crippen LogP contribution in [0.5, 0.6) is 11.5 Å². The maximum Gasteiger partial charge on any atom is 0.341 e. The summed E-state index contributed by atoms with van der Waals surface area (Å²) < 4.78 is 11.3. The van der Waals surface area contributed by atoms with Gasteiger partial charge in [-0.3, -0.25) is 14.9 Å². The topological polar surface area (TPSA) is 122 Å². The number of ether oxygens (including phenoxy) is 2. The van der Waals surface area contributed by atoms with E-state index < -0.39 is 30.4 Å². The lowest BCUT2D eigenvalue weighted by atomic mass is 10.1. The summed E-state index contributed by atoms with van der Waals surface area (Å²) in [5.41, 5.74) is 0.470. The van der Waals surface area contributed by atoms with Crippen molar-refractivity contribution in [1.82, 2.24) is 5.32 Å². The van der Waals surface area contributed by atoms with Crippen LogP contribution < -0.4 is 19.7 Å². The van der Waals surface area contributed by atoms with Gasteiger partial charge < -0.3 is 14.6 Å². The van der Waals surface area contributed by atoms with Gasteiger partial charge in [0.05, 0.1) is 12.3 Å². The lowest BCUT2D eigenvalue weighted by Gasteiger charge is -2.26. The Morgan fingerprint density at radius 1 is 1.13 bits per heavy atom. The van der Waals surface area contributed by atoms with E-state index in [1.807, 2.05) is 0 Å². The molecule has 1 fully saturated rings. The number of halogens is 1. The van der Waals surface area contributed by atoms with Crippen molar-refractivity contribution in [3.05, 3.63) is 58.1 Å². The Hall–Kier alpha value is -3.66. The minimum absolute atomic E-state index is 0.205. The van der Waals surface area contributed by atoms with Crippen LogP contribution in [0, 0.1) is 0 Å². The molecule has 1 heterocycles.